The van der Waals surface area contributed by atoms with Crippen molar-refractivity contribution in [2.75, 3.05) is 5.73 Å². The Bertz CT molecular complexity index is 1360. The summed E-state index contributed by atoms with van der Waals surface area (Å²) < 4.78 is 16.6. The molecule has 0 amide bonds. The number of nitrogen functional groups attached to an aromatic ring is 1. The molecule has 1 aromatic carbocycles. The summed E-state index contributed by atoms with van der Waals surface area (Å²) in [5.41, 5.74) is 7.41. The molecule has 0 saturated carbocycles. The Kier molecular flexibility index (Phi) is 5.16. The second-order valence-corrected chi connectivity index (χ2v) is 7.30. The molecule has 3 heterocycles. The van der Waals surface area contributed by atoms with Gasteiger partial charge in [-0.15, -0.1) is 6.58 Å². The van der Waals surface area contributed by atoms with Gasteiger partial charge in [-0.25, -0.2) is 9.37 Å². The summed E-state index contributed by atoms with van der Waals surface area (Å²) >= 11 is 1.45. The molecule has 0 aliphatic heterocycles. The predicted molar refractivity (Wildman–Crippen MR) is 117 cm³/mol. The van der Waals surface area contributed by atoms with Gasteiger partial charge in [0.2, 0.25) is 5.95 Å². The maximum absolute atomic E-state index is 13.9. The van der Waals surface area contributed by atoms with Gasteiger partial charge >= 0.3 is 0 Å². The van der Waals surface area contributed by atoms with Crippen molar-refractivity contribution in [2.24, 2.45) is 0 Å². The first-order valence-corrected chi connectivity index (χ1v) is 9.96. The van der Waals surface area contributed by atoms with Crippen molar-refractivity contribution >= 4 is 17.3 Å². The van der Waals surface area contributed by atoms with Gasteiger partial charge in [-0.3, -0.25) is 18.7 Å². The van der Waals surface area contributed by atoms with Gasteiger partial charge < -0.3 is 5.73 Å². The molecule has 0 aliphatic carbocycles. The number of aromatic nitrogens is 3. The van der Waals surface area contributed by atoms with Gasteiger partial charge in [-0.1, -0.05) is 18.2 Å². The number of halogens is 1. The Morgan fingerprint density at radius 3 is 2.70 bits per heavy atom. The molecule has 150 valence electrons. The van der Waals surface area contributed by atoms with Crippen LogP contribution < -0.4 is 16.9 Å². The van der Waals surface area contributed by atoms with Gasteiger partial charge in [0.15, 0.2) is 0 Å². The number of pyridine rings is 1. The lowest BCUT2D eigenvalue weighted by molar-refractivity contribution is 0.628. The van der Waals surface area contributed by atoms with Crippen LogP contribution in [0, 0.1) is 5.82 Å². The minimum atomic E-state index is -0.461. The third-order valence-electron chi connectivity index (χ3n) is 4.59. The molecule has 0 radical (unpaired) electrons. The molecule has 6 nitrogen and oxygen atoms in total. The lowest BCUT2D eigenvalue weighted by Crippen LogP contribution is -2.27. The van der Waals surface area contributed by atoms with Crippen LogP contribution in [0.1, 0.15) is 0 Å². The van der Waals surface area contributed by atoms with Crippen LogP contribution in [0.2, 0.25) is 0 Å². The van der Waals surface area contributed by atoms with Crippen LogP contribution in [0.4, 0.5) is 10.3 Å². The SMILES string of the molecule is C=CCn1c(N)nc(-c2cccc(F)c2)c(-c2ccc(=O)n(-c3ccsc3)c2)c1=O. The molecule has 2 N–H and O–H groups in total. The maximum atomic E-state index is 13.9. The molecule has 4 aromatic rings. The molecule has 3 aromatic heterocycles. The van der Waals surface area contributed by atoms with Gasteiger partial charge in [-0.2, -0.15) is 11.3 Å². The highest BCUT2D eigenvalue weighted by Gasteiger charge is 2.19. The minimum absolute atomic E-state index is 0.00549. The van der Waals surface area contributed by atoms with Crippen molar-refractivity contribution in [1.82, 2.24) is 14.1 Å². The van der Waals surface area contributed by atoms with Crippen LogP contribution in [0.5, 0.6) is 0 Å². The standard InChI is InChI=1S/C22H17FN4O2S/c1-2-9-26-21(29)19(20(25-22(26)24)14-4-3-5-16(23)11-14)15-6-7-18(28)27(12-15)17-8-10-30-13-17/h2-8,10-13H,1,9H2,(H2,24,25). The van der Waals surface area contributed by atoms with Crippen molar-refractivity contribution in [2.45, 2.75) is 6.54 Å². The molecule has 0 spiro atoms. The third kappa shape index (κ3) is 3.48. The topological polar surface area (TPSA) is 82.9 Å². The number of allylic oxidation sites excluding steroid dienone is 1. The van der Waals surface area contributed by atoms with Crippen molar-refractivity contribution in [3.63, 3.8) is 0 Å². The Labute approximate surface area is 175 Å². The minimum Gasteiger partial charge on any atom is -0.369 e. The Morgan fingerprint density at radius 1 is 1.17 bits per heavy atom. The average Bonchev–Trinajstić information content (AvgIpc) is 3.26. The van der Waals surface area contributed by atoms with Crippen molar-refractivity contribution in [1.29, 1.82) is 0 Å². The summed E-state index contributed by atoms with van der Waals surface area (Å²) in [6.07, 6.45) is 3.12. The summed E-state index contributed by atoms with van der Waals surface area (Å²) in [5.74, 6) is -0.466. The highest BCUT2D eigenvalue weighted by molar-refractivity contribution is 7.08. The van der Waals surface area contributed by atoms with Crippen LogP contribution in [0.3, 0.4) is 0 Å². The fourth-order valence-corrected chi connectivity index (χ4v) is 3.84. The van der Waals surface area contributed by atoms with Crippen molar-refractivity contribution < 1.29 is 4.39 Å². The molecular weight excluding hydrogens is 403 g/mol. The predicted octanol–water partition coefficient (Wildman–Crippen LogP) is 3.70. The molecule has 30 heavy (non-hydrogen) atoms. The van der Waals surface area contributed by atoms with E-state index in [1.165, 1.54) is 50.8 Å². The first-order chi connectivity index (χ1) is 14.5. The molecule has 0 bridgehead atoms. The van der Waals surface area contributed by atoms with E-state index in [9.17, 15) is 14.0 Å². The van der Waals surface area contributed by atoms with Crippen LogP contribution in [0.15, 0.2) is 81.7 Å². The van der Waals surface area contributed by atoms with E-state index in [0.717, 1.165) is 0 Å². The first-order valence-electron chi connectivity index (χ1n) is 9.02. The molecule has 0 unspecified atom stereocenters. The molecule has 4 rings (SSSR count). The van der Waals surface area contributed by atoms with E-state index in [4.69, 9.17) is 5.73 Å². The van der Waals surface area contributed by atoms with E-state index < -0.39 is 11.4 Å². The highest BCUT2D eigenvalue weighted by atomic mass is 32.1. The van der Waals surface area contributed by atoms with E-state index in [-0.39, 0.29) is 29.3 Å². The van der Waals surface area contributed by atoms with Gasteiger partial charge in [0.25, 0.3) is 11.1 Å². The molecule has 8 heteroatoms. The first kappa shape index (κ1) is 19.5. The quantitative estimate of drug-likeness (QED) is 0.499. The largest absolute Gasteiger partial charge is 0.369 e. The van der Waals surface area contributed by atoms with E-state index in [2.05, 4.69) is 11.6 Å². The van der Waals surface area contributed by atoms with Gasteiger partial charge in [0.05, 0.1) is 16.9 Å². The second kappa shape index (κ2) is 7.92. The smallest absolute Gasteiger partial charge is 0.263 e. The number of nitrogens with two attached hydrogens (primary N) is 1. The number of hydrogen-bond acceptors (Lipinski definition) is 5. The van der Waals surface area contributed by atoms with Crippen molar-refractivity contribution in [3.8, 4) is 28.1 Å². The number of nitrogens with zero attached hydrogens (tertiary/aromatic N) is 3. The van der Waals surface area contributed by atoms with Crippen LogP contribution >= 0.6 is 11.3 Å². The normalized spacial score (nSPS) is 10.8. The zero-order chi connectivity index (χ0) is 21.3. The van der Waals surface area contributed by atoms with E-state index in [1.807, 2.05) is 10.8 Å². The molecule has 0 aliphatic rings. The number of anilines is 1. The zero-order valence-corrected chi connectivity index (χ0v) is 16.6. The van der Waals surface area contributed by atoms with Crippen LogP contribution in [-0.2, 0) is 6.54 Å². The number of benzene rings is 1. The van der Waals surface area contributed by atoms with Gasteiger partial charge in [0.1, 0.15) is 5.82 Å². The van der Waals surface area contributed by atoms with Crippen LogP contribution in [0.25, 0.3) is 28.1 Å². The fourth-order valence-electron chi connectivity index (χ4n) is 3.21. The molecule has 0 atom stereocenters. The Morgan fingerprint density at radius 2 is 2.00 bits per heavy atom. The number of thiophene rings is 1. The lowest BCUT2D eigenvalue weighted by atomic mass is 10.0. The average molecular weight is 420 g/mol. The lowest BCUT2D eigenvalue weighted by Gasteiger charge is -2.15. The molecule has 0 saturated heterocycles. The Hall–Kier alpha value is -3.78. The van der Waals surface area contributed by atoms with E-state index in [0.29, 0.717) is 16.8 Å². The summed E-state index contributed by atoms with van der Waals surface area (Å²) in [7, 11) is 0. The molecular formula is C22H17FN4O2S. The summed E-state index contributed by atoms with van der Waals surface area (Å²) in [6.45, 7) is 3.82. The van der Waals surface area contributed by atoms with Crippen LogP contribution in [-0.4, -0.2) is 14.1 Å². The van der Waals surface area contributed by atoms with Gasteiger partial charge in [-0.05, 0) is 29.6 Å². The third-order valence-corrected chi connectivity index (χ3v) is 5.26. The van der Waals surface area contributed by atoms with E-state index >= 15 is 0 Å². The zero-order valence-electron chi connectivity index (χ0n) is 15.8. The summed E-state index contributed by atoms with van der Waals surface area (Å²) in [5, 5.41) is 3.68. The molecule has 0 fully saturated rings. The maximum Gasteiger partial charge on any atom is 0.263 e. The fraction of sp³-hybridized carbons (Fsp3) is 0.0455. The number of hydrogen-bond donors (Lipinski definition) is 1. The van der Waals surface area contributed by atoms with Crippen molar-refractivity contribution in [3.05, 3.63) is 98.6 Å². The van der Waals surface area contributed by atoms with Gasteiger partial charge in [0, 0.05) is 35.3 Å². The number of rotatable bonds is 5. The summed E-state index contributed by atoms with van der Waals surface area (Å²) in [4.78, 5) is 30.1. The monoisotopic (exact) mass is 420 g/mol. The van der Waals surface area contributed by atoms with E-state index in [1.54, 1.807) is 24.4 Å². The second-order valence-electron chi connectivity index (χ2n) is 6.52. The highest BCUT2D eigenvalue weighted by Crippen LogP contribution is 2.29. The summed E-state index contributed by atoms with van der Waals surface area (Å²) in [6, 6.07) is 10.5. The Balaban J connectivity index is 2.04.